The van der Waals surface area contributed by atoms with Crippen LogP contribution in [0.15, 0.2) is 24.3 Å². The average Bonchev–Trinajstić information content (AvgIpc) is 2.20. The van der Waals surface area contributed by atoms with Gasteiger partial charge in [0.2, 0.25) is 0 Å². The molecule has 0 radical (unpaired) electrons. The first kappa shape index (κ1) is 11.1. The minimum atomic E-state index is -1.50. The molecule has 0 spiro atoms. The van der Waals surface area contributed by atoms with E-state index >= 15 is 0 Å². The van der Waals surface area contributed by atoms with Crippen LogP contribution in [0.25, 0.3) is 0 Å². The van der Waals surface area contributed by atoms with Gasteiger partial charge in [-0.05, 0) is 18.1 Å². The van der Waals surface area contributed by atoms with Crippen molar-refractivity contribution in [3.63, 3.8) is 0 Å². The molecular weight excluding hydrogens is 186 g/mol. The molecule has 0 aliphatic rings. The Kier molecular flexibility index (Phi) is 4.53. The molecule has 1 atom stereocenters. The third kappa shape index (κ3) is 3.42. The first-order chi connectivity index (χ1) is 6.74. The van der Waals surface area contributed by atoms with Crippen LogP contribution in [0.2, 0.25) is 0 Å². The lowest BCUT2D eigenvalue weighted by molar-refractivity contribution is 0.0593. The summed E-state index contributed by atoms with van der Waals surface area (Å²) in [7, 11) is 0. The van der Waals surface area contributed by atoms with Crippen molar-refractivity contribution < 1.29 is 13.5 Å². The van der Waals surface area contributed by atoms with E-state index in [0.717, 1.165) is 11.1 Å². The van der Waals surface area contributed by atoms with Gasteiger partial charge in [0.25, 0.3) is 0 Å². The Hall–Kier alpha value is -0.960. The van der Waals surface area contributed by atoms with Crippen LogP contribution in [-0.2, 0) is 11.3 Å². The molecule has 0 fully saturated rings. The van der Waals surface area contributed by atoms with Crippen LogP contribution in [0, 0.1) is 6.92 Å². The van der Waals surface area contributed by atoms with E-state index in [4.69, 9.17) is 4.74 Å². The van der Waals surface area contributed by atoms with E-state index in [1.807, 2.05) is 31.2 Å². The quantitative estimate of drug-likeness (QED) is 0.710. The SMILES string of the molecule is Cc1ccccc1COCC(F)CF. The molecule has 0 aromatic heterocycles. The van der Waals surface area contributed by atoms with Gasteiger partial charge in [-0.2, -0.15) is 0 Å². The lowest BCUT2D eigenvalue weighted by Crippen LogP contribution is -2.12. The molecule has 3 heteroatoms. The molecule has 1 nitrogen and oxygen atoms in total. The summed E-state index contributed by atoms with van der Waals surface area (Å²) in [6, 6.07) is 7.70. The molecular formula is C11H14F2O. The third-order valence-electron chi connectivity index (χ3n) is 1.98. The van der Waals surface area contributed by atoms with Crippen LogP contribution in [0.5, 0.6) is 0 Å². The highest BCUT2D eigenvalue weighted by molar-refractivity contribution is 5.24. The Balaban J connectivity index is 2.35. The summed E-state index contributed by atoms with van der Waals surface area (Å²) in [4.78, 5) is 0. The number of hydrogen-bond donors (Lipinski definition) is 0. The molecule has 1 unspecified atom stereocenters. The molecule has 14 heavy (non-hydrogen) atoms. The molecule has 0 N–H and O–H groups in total. The van der Waals surface area contributed by atoms with Gasteiger partial charge in [0.1, 0.15) is 6.67 Å². The van der Waals surface area contributed by atoms with Crippen molar-refractivity contribution in [3.8, 4) is 0 Å². The van der Waals surface area contributed by atoms with Gasteiger partial charge in [-0.3, -0.25) is 0 Å². The zero-order valence-electron chi connectivity index (χ0n) is 8.17. The first-order valence-corrected chi connectivity index (χ1v) is 4.56. The van der Waals surface area contributed by atoms with Gasteiger partial charge in [0.15, 0.2) is 6.17 Å². The molecule has 0 heterocycles. The van der Waals surface area contributed by atoms with E-state index < -0.39 is 12.8 Å². The van der Waals surface area contributed by atoms with Crippen LogP contribution in [0.3, 0.4) is 0 Å². The summed E-state index contributed by atoms with van der Waals surface area (Å²) in [6.45, 7) is 1.15. The molecule has 0 saturated carbocycles. The van der Waals surface area contributed by atoms with Gasteiger partial charge in [0.05, 0.1) is 13.2 Å². The molecule has 1 aromatic rings. The Morgan fingerprint density at radius 1 is 1.36 bits per heavy atom. The molecule has 0 amide bonds. The van der Waals surface area contributed by atoms with Gasteiger partial charge in [-0.15, -0.1) is 0 Å². The normalized spacial score (nSPS) is 12.8. The predicted molar refractivity (Wildman–Crippen MR) is 51.7 cm³/mol. The van der Waals surface area contributed by atoms with Crippen molar-refractivity contribution in [1.82, 2.24) is 0 Å². The fourth-order valence-corrected chi connectivity index (χ4v) is 1.11. The summed E-state index contributed by atoms with van der Waals surface area (Å²) in [5, 5.41) is 0. The molecule has 0 saturated heterocycles. The number of benzene rings is 1. The van der Waals surface area contributed by atoms with Gasteiger partial charge < -0.3 is 4.74 Å². The Labute approximate surface area is 82.7 Å². The predicted octanol–water partition coefficient (Wildman–Crippen LogP) is 2.82. The summed E-state index contributed by atoms with van der Waals surface area (Å²) in [5.74, 6) is 0. The number of alkyl halides is 2. The Morgan fingerprint density at radius 2 is 2.07 bits per heavy atom. The van der Waals surface area contributed by atoms with E-state index in [2.05, 4.69) is 0 Å². The van der Waals surface area contributed by atoms with E-state index in [-0.39, 0.29) is 6.61 Å². The second-order valence-electron chi connectivity index (χ2n) is 3.19. The molecule has 0 aliphatic heterocycles. The van der Waals surface area contributed by atoms with E-state index in [1.54, 1.807) is 0 Å². The molecule has 1 aromatic carbocycles. The van der Waals surface area contributed by atoms with Crippen molar-refractivity contribution in [2.45, 2.75) is 19.7 Å². The maximum absolute atomic E-state index is 12.4. The summed E-state index contributed by atoms with van der Waals surface area (Å²) >= 11 is 0. The zero-order valence-corrected chi connectivity index (χ0v) is 8.17. The second-order valence-corrected chi connectivity index (χ2v) is 3.19. The van der Waals surface area contributed by atoms with Crippen LogP contribution in [0.1, 0.15) is 11.1 Å². The maximum atomic E-state index is 12.4. The third-order valence-corrected chi connectivity index (χ3v) is 1.98. The zero-order chi connectivity index (χ0) is 10.4. The highest BCUT2D eigenvalue weighted by Gasteiger charge is 2.05. The highest BCUT2D eigenvalue weighted by Crippen LogP contribution is 2.08. The van der Waals surface area contributed by atoms with Crippen molar-refractivity contribution in [1.29, 1.82) is 0 Å². The van der Waals surface area contributed by atoms with Crippen molar-refractivity contribution in [2.24, 2.45) is 0 Å². The van der Waals surface area contributed by atoms with E-state index in [0.29, 0.717) is 6.61 Å². The first-order valence-electron chi connectivity index (χ1n) is 4.56. The fraction of sp³-hybridized carbons (Fsp3) is 0.455. The monoisotopic (exact) mass is 200 g/mol. The van der Waals surface area contributed by atoms with E-state index in [9.17, 15) is 8.78 Å². The molecule has 78 valence electrons. The average molecular weight is 200 g/mol. The van der Waals surface area contributed by atoms with Crippen LogP contribution in [-0.4, -0.2) is 19.5 Å². The lowest BCUT2D eigenvalue weighted by Gasteiger charge is -2.07. The van der Waals surface area contributed by atoms with Gasteiger partial charge in [-0.25, -0.2) is 8.78 Å². The van der Waals surface area contributed by atoms with E-state index in [1.165, 1.54) is 0 Å². The van der Waals surface area contributed by atoms with Crippen LogP contribution < -0.4 is 0 Å². The number of halogens is 2. The minimum absolute atomic E-state index is 0.176. The molecule has 0 aliphatic carbocycles. The fourth-order valence-electron chi connectivity index (χ4n) is 1.11. The number of ether oxygens (including phenoxy) is 1. The lowest BCUT2D eigenvalue weighted by atomic mass is 10.1. The van der Waals surface area contributed by atoms with Gasteiger partial charge in [-0.1, -0.05) is 24.3 Å². The van der Waals surface area contributed by atoms with Gasteiger partial charge in [0, 0.05) is 0 Å². The smallest absolute Gasteiger partial charge is 0.152 e. The van der Waals surface area contributed by atoms with Crippen molar-refractivity contribution in [3.05, 3.63) is 35.4 Å². The summed E-state index contributed by atoms with van der Waals surface area (Å²) < 4.78 is 29.2. The highest BCUT2D eigenvalue weighted by atomic mass is 19.2. The molecule has 0 bridgehead atoms. The number of hydrogen-bond acceptors (Lipinski definition) is 1. The number of aryl methyl sites for hydroxylation is 1. The largest absolute Gasteiger partial charge is 0.374 e. The van der Waals surface area contributed by atoms with Crippen molar-refractivity contribution in [2.75, 3.05) is 13.3 Å². The molecule has 1 rings (SSSR count). The van der Waals surface area contributed by atoms with Crippen LogP contribution >= 0.6 is 0 Å². The maximum Gasteiger partial charge on any atom is 0.152 e. The summed E-state index contributed by atoms with van der Waals surface area (Å²) in [6.07, 6.45) is -1.50. The standard InChI is InChI=1S/C11H14F2O/c1-9-4-2-3-5-10(9)7-14-8-11(13)6-12/h2-5,11H,6-8H2,1H3. The van der Waals surface area contributed by atoms with Crippen LogP contribution in [0.4, 0.5) is 8.78 Å². The van der Waals surface area contributed by atoms with Gasteiger partial charge >= 0.3 is 0 Å². The summed E-state index contributed by atoms with van der Waals surface area (Å²) in [5.41, 5.74) is 2.11. The van der Waals surface area contributed by atoms with Crippen molar-refractivity contribution >= 4 is 0 Å². The minimum Gasteiger partial charge on any atom is -0.374 e. The Morgan fingerprint density at radius 3 is 2.71 bits per heavy atom. The Bertz CT molecular complexity index is 276. The second kappa shape index (κ2) is 5.70. The number of rotatable bonds is 5. The topological polar surface area (TPSA) is 9.23 Å².